The summed E-state index contributed by atoms with van der Waals surface area (Å²) >= 11 is 0. The number of carboxylic acids is 1. The molecule has 0 unspecified atom stereocenters. The first-order chi connectivity index (χ1) is 10.6. The van der Waals surface area contributed by atoms with Gasteiger partial charge >= 0.3 is 12.1 Å². The molecular weight excluding hydrogens is 321 g/mol. The normalized spacial score (nSPS) is 11.4. The highest BCUT2D eigenvalue weighted by atomic mass is 19.4. The predicted molar refractivity (Wildman–Crippen MR) is 72.8 cm³/mol. The van der Waals surface area contributed by atoms with E-state index in [1.807, 2.05) is 0 Å². The van der Waals surface area contributed by atoms with E-state index >= 15 is 0 Å². The number of hydrogen-bond donors (Lipinski definition) is 2. The average Bonchev–Trinajstić information content (AvgIpc) is 2.40. The minimum absolute atomic E-state index is 0.221. The Kier molecular flexibility index (Phi) is 4.26. The van der Waals surface area contributed by atoms with E-state index in [-0.39, 0.29) is 17.4 Å². The lowest BCUT2D eigenvalue weighted by Gasteiger charge is -2.15. The molecule has 23 heavy (non-hydrogen) atoms. The Labute approximate surface area is 127 Å². The molecule has 0 saturated heterocycles. The van der Waals surface area contributed by atoms with Gasteiger partial charge in [0.1, 0.15) is 11.6 Å². The van der Waals surface area contributed by atoms with E-state index in [9.17, 15) is 26.7 Å². The molecule has 0 aromatic heterocycles. The topological polar surface area (TPSA) is 49.3 Å². The van der Waals surface area contributed by atoms with Crippen LogP contribution in [0.3, 0.4) is 0 Å². The van der Waals surface area contributed by atoms with Gasteiger partial charge in [-0.2, -0.15) is 13.2 Å². The van der Waals surface area contributed by atoms with Crippen LogP contribution in [0.2, 0.25) is 0 Å². The highest BCUT2D eigenvalue weighted by molar-refractivity contribution is 5.95. The maximum Gasteiger partial charge on any atom is 0.419 e. The highest BCUT2D eigenvalue weighted by Gasteiger charge is 2.35. The quantitative estimate of drug-likeness (QED) is 0.799. The molecule has 0 amide bonds. The van der Waals surface area contributed by atoms with Crippen LogP contribution in [0.15, 0.2) is 30.3 Å². The molecule has 0 bridgehead atoms. The third-order valence-corrected chi connectivity index (χ3v) is 3.10. The fourth-order valence-corrected chi connectivity index (χ4v) is 1.98. The van der Waals surface area contributed by atoms with E-state index in [0.29, 0.717) is 11.6 Å². The molecule has 2 aromatic rings. The van der Waals surface area contributed by atoms with Gasteiger partial charge in [-0.3, -0.25) is 0 Å². The van der Waals surface area contributed by atoms with Crippen LogP contribution in [0.25, 0.3) is 0 Å². The summed E-state index contributed by atoms with van der Waals surface area (Å²) in [5.74, 6) is -3.80. The van der Waals surface area contributed by atoms with E-state index in [2.05, 4.69) is 5.32 Å². The van der Waals surface area contributed by atoms with Crippen LogP contribution in [0.4, 0.5) is 33.3 Å². The molecule has 3 nitrogen and oxygen atoms in total. The lowest BCUT2D eigenvalue weighted by atomic mass is 10.1. The lowest BCUT2D eigenvalue weighted by Crippen LogP contribution is -2.12. The van der Waals surface area contributed by atoms with Crippen molar-refractivity contribution in [2.45, 2.75) is 13.1 Å². The molecule has 0 aliphatic heterocycles. The smallest absolute Gasteiger partial charge is 0.419 e. The average molecular weight is 331 g/mol. The lowest BCUT2D eigenvalue weighted by molar-refractivity contribution is -0.140. The summed E-state index contributed by atoms with van der Waals surface area (Å²) in [4.78, 5) is 11.2. The molecule has 2 rings (SSSR count). The number of carboxylic acid groups (broad SMARTS) is 1. The van der Waals surface area contributed by atoms with E-state index in [1.165, 1.54) is 13.0 Å². The third kappa shape index (κ3) is 3.58. The largest absolute Gasteiger partial charge is 0.478 e. The van der Waals surface area contributed by atoms with Crippen LogP contribution in [0, 0.1) is 18.6 Å². The molecule has 0 aliphatic rings. The zero-order valence-electron chi connectivity index (χ0n) is 11.6. The van der Waals surface area contributed by atoms with Crippen LogP contribution < -0.4 is 5.32 Å². The van der Waals surface area contributed by atoms with Crippen molar-refractivity contribution in [1.82, 2.24) is 0 Å². The Balaban J connectivity index is 2.54. The minimum atomic E-state index is -5.02. The fourth-order valence-electron chi connectivity index (χ4n) is 1.98. The zero-order chi connectivity index (χ0) is 17.4. The zero-order valence-corrected chi connectivity index (χ0v) is 11.6. The second-order valence-corrected chi connectivity index (χ2v) is 4.76. The first-order valence-corrected chi connectivity index (χ1v) is 6.27. The maximum atomic E-state index is 13.6. The molecule has 8 heteroatoms. The Morgan fingerprint density at radius 1 is 1.09 bits per heavy atom. The van der Waals surface area contributed by atoms with E-state index in [0.717, 1.165) is 12.1 Å². The standard InChI is InChI=1S/C15H10F5NO2/c1-7-4-8(16)2-3-12(7)21-13-6-11(17)10(15(18,19)20)5-9(13)14(22)23/h2-6,21H,1H3,(H,22,23). The van der Waals surface area contributed by atoms with Crippen LogP contribution in [0.5, 0.6) is 0 Å². The van der Waals surface area contributed by atoms with Gasteiger partial charge in [0.15, 0.2) is 0 Å². The SMILES string of the molecule is Cc1cc(F)ccc1Nc1cc(F)c(C(F)(F)F)cc1C(=O)O. The summed E-state index contributed by atoms with van der Waals surface area (Å²) in [7, 11) is 0. The Morgan fingerprint density at radius 3 is 2.26 bits per heavy atom. The molecule has 2 N–H and O–H groups in total. The summed E-state index contributed by atoms with van der Waals surface area (Å²) in [6.07, 6.45) is -5.02. The molecule has 0 heterocycles. The molecule has 0 saturated carbocycles. The molecule has 0 aliphatic carbocycles. The van der Waals surface area contributed by atoms with Gasteiger partial charge in [-0.25, -0.2) is 13.6 Å². The first-order valence-electron chi connectivity index (χ1n) is 6.27. The van der Waals surface area contributed by atoms with Gasteiger partial charge in [0.25, 0.3) is 0 Å². The van der Waals surface area contributed by atoms with Gasteiger partial charge in [-0.05, 0) is 42.8 Å². The van der Waals surface area contributed by atoms with Gasteiger partial charge in [0, 0.05) is 5.69 Å². The van der Waals surface area contributed by atoms with E-state index < -0.39 is 34.9 Å². The number of alkyl halides is 3. The van der Waals surface area contributed by atoms with E-state index in [4.69, 9.17) is 5.11 Å². The van der Waals surface area contributed by atoms with Crippen molar-refractivity contribution in [3.05, 3.63) is 58.7 Å². The number of halogens is 5. The van der Waals surface area contributed by atoms with Crippen molar-refractivity contribution in [3.8, 4) is 0 Å². The maximum absolute atomic E-state index is 13.6. The molecule has 0 fully saturated rings. The van der Waals surface area contributed by atoms with Crippen LogP contribution >= 0.6 is 0 Å². The van der Waals surface area contributed by atoms with Crippen molar-refractivity contribution >= 4 is 17.3 Å². The molecule has 0 spiro atoms. The molecular formula is C15H10F5NO2. The number of aromatic carboxylic acids is 1. The summed E-state index contributed by atoms with van der Waals surface area (Å²) in [6.45, 7) is 1.51. The fraction of sp³-hybridized carbons (Fsp3) is 0.133. The van der Waals surface area contributed by atoms with Gasteiger partial charge < -0.3 is 10.4 Å². The number of hydrogen-bond acceptors (Lipinski definition) is 2. The van der Waals surface area contributed by atoms with Gasteiger partial charge in [0.05, 0.1) is 16.8 Å². The second-order valence-electron chi connectivity index (χ2n) is 4.76. The minimum Gasteiger partial charge on any atom is -0.478 e. The monoisotopic (exact) mass is 331 g/mol. The molecule has 122 valence electrons. The Bertz CT molecular complexity index is 771. The number of benzene rings is 2. The summed E-state index contributed by atoms with van der Waals surface area (Å²) < 4.78 is 64.7. The second kappa shape index (κ2) is 5.86. The Hall–Kier alpha value is -2.64. The van der Waals surface area contributed by atoms with Crippen molar-refractivity contribution in [2.75, 3.05) is 5.32 Å². The van der Waals surface area contributed by atoms with Crippen molar-refractivity contribution in [2.24, 2.45) is 0 Å². The van der Waals surface area contributed by atoms with E-state index in [1.54, 1.807) is 0 Å². The first kappa shape index (κ1) is 16.7. The van der Waals surface area contributed by atoms with Gasteiger partial charge in [0.2, 0.25) is 0 Å². The number of nitrogens with one attached hydrogen (secondary N) is 1. The third-order valence-electron chi connectivity index (χ3n) is 3.10. The van der Waals surface area contributed by atoms with Crippen LogP contribution in [-0.2, 0) is 6.18 Å². The van der Waals surface area contributed by atoms with Crippen molar-refractivity contribution in [1.29, 1.82) is 0 Å². The predicted octanol–water partition coefficient (Wildman–Crippen LogP) is 4.73. The number of anilines is 2. The summed E-state index contributed by atoms with van der Waals surface area (Å²) in [5.41, 5.74) is -2.16. The number of carbonyl (C=O) groups is 1. The molecule has 0 radical (unpaired) electrons. The Morgan fingerprint density at radius 2 is 1.74 bits per heavy atom. The summed E-state index contributed by atoms with van der Waals surface area (Å²) in [5, 5.41) is 11.6. The number of rotatable bonds is 3. The van der Waals surface area contributed by atoms with Crippen LogP contribution in [0.1, 0.15) is 21.5 Å². The molecule has 0 atom stereocenters. The number of aryl methyl sites for hydroxylation is 1. The van der Waals surface area contributed by atoms with Gasteiger partial charge in [-0.1, -0.05) is 0 Å². The van der Waals surface area contributed by atoms with Crippen molar-refractivity contribution < 1.29 is 31.9 Å². The molecule has 2 aromatic carbocycles. The van der Waals surface area contributed by atoms with Crippen molar-refractivity contribution in [3.63, 3.8) is 0 Å². The summed E-state index contributed by atoms with van der Waals surface area (Å²) in [6, 6.07) is 4.17. The highest BCUT2D eigenvalue weighted by Crippen LogP contribution is 2.35. The van der Waals surface area contributed by atoms with Gasteiger partial charge in [-0.15, -0.1) is 0 Å². The van der Waals surface area contributed by atoms with Crippen LogP contribution in [-0.4, -0.2) is 11.1 Å².